The zero-order valence-corrected chi connectivity index (χ0v) is 12.2. The first-order valence-corrected chi connectivity index (χ1v) is 6.97. The van der Waals surface area contributed by atoms with E-state index < -0.39 is 34.7 Å². The van der Waals surface area contributed by atoms with Crippen molar-refractivity contribution < 1.29 is 31.8 Å². The summed E-state index contributed by atoms with van der Waals surface area (Å²) < 4.78 is 63.5. The lowest BCUT2D eigenvalue weighted by Gasteiger charge is -2.19. The van der Waals surface area contributed by atoms with Crippen LogP contribution in [0.2, 0.25) is 0 Å². The fourth-order valence-corrected chi connectivity index (χ4v) is 2.21. The van der Waals surface area contributed by atoms with Crippen LogP contribution in [0.3, 0.4) is 0 Å². The summed E-state index contributed by atoms with van der Waals surface area (Å²) in [5, 5.41) is 2.31. The molecule has 1 amide bonds. The molecule has 24 heavy (non-hydrogen) atoms. The number of ether oxygens (including phenoxy) is 2. The van der Waals surface area contributed by atoms with Crippen molar-refractivity contribution in [2.45, 2.75) is 6.54 Å². The van der Waals surface area contributed by atoms with Crippen LogP contribution in [0.15, 0.2) is 24.3 Å². The number of nitrogens with one attached hydrogen (secondary N) is 1. The predicted octanol–water partition coefficient (Wildman–Crippen LogP) is 2.94. The van der Waals surface area contributed by atoms with Crippen molar-refractivity contribution in [3.05, 3.63) is 58.7 Å². The Morgan fingerprint density at radius 1 is 0.958 bits per heavy atom. The minimum absolute atomic E-state index is 0.0461. The third kappa shape index (κ3) is 2.99. The highest BCUT2D eigenvalue weighted by Crippen LogP contribution is 2.30. The van der Waals surface area contributed by atoms with E-state index in [4.69, 9.17) is 9.47 Å². The highest BCUT2D eigenvalue weighted by Gasteiger charge is 2.23. The van der Waals surface area contributed by atoms with Crippen molar-refractivity contribution in [3.8, 4) is 11.5 Å². The summed E-state index contributed by atoms with van der Waals surface area (Å²) in [6.45, 7) is 0.780. The highest BCUT2D eigenvalue weighted by molar-refractivity contribution is 5.94. The second kappa shape index (κ2) is 6.38. The summed E-state index contributed by atoms with van der Waals surface area (Å²) in [5.74, 6) is -7.38. The van der Waals surface area contributed by atoms with Gasteiger partial charge in [0.2, 0.25) is 0 Å². The number of benzene rings is 2. The van der Waals surface area contributed by atoms with Crippen molar-refractivity contribution in [1.29, 1.82) is 0 Å². The van der Waals surface area contributed by atoms with E-state index >= 15 is 0 Å². The van der Waals surface area contributed by atoms with Crippen molar-refractivity contribution >= 4 is 5.91 Å². The molecule has 1 aliphatic rings. The second-order valence-electron chi connectivity index (χ2n) is 5.01. The Morgan fingerprint density at radius 2 is 1.67 bits per heavy atom. The molecule has 2 aromatic rings. The SMILES string of the molecule is O=C(NCc1ccc2c(c1)OCCO2)c1cc(F)c(F)c(F)c1F. The van der Waals surface area contributed by atoms with E-state index in [0.717, 1.165) is 0 Å². The molecule has 2 aromatic carbocycles. The van der Waals surface area contributed by atoms with Gasteiger partial charge in [-0.15, -0.1) is 0 Å². The number of carbonyl (C=O) groups excluding carboxylic acids is 1. The molecule has 1 N–H and O–H groups in total. The topological polar surface area (TPSA) is 47.6 Å². The first kappa shape index (κ1) is 16.1. The molecule has 0 bridgehead atoms. The van der Waals surface area contributed by atoms with Gasteiger partial charge < -0.3 is 14.8 Å². The average molecular weight is 341 g/mol. The molecule has 0 saturated carbocycles. The van der Waals surface area contributed by atoms with Gasteiger partial charge in [0.15, 0.2) is 34.8 Å². The Kier molecular flexibility index (Phi) is 4.28. The van der Waals surface area contributed by atoms with Crippen LogP contribution in [0.5, 0.6) is 11.5 Å². The highest BCUT2D eigenvalue weighted by atomic mass is 19.2. The number of halogens is 4. The molecule has 1 heterocycles. The standard InChI is InChI=1S/C16H11F4NO3/c17-10-6-9(13(18)15(20)14(10)19)16(22)21-7-8-1-2-11-12(5-8)24-4-3-23-11/h1-2,5-6H,3-4,7H2,(H,21,22). The molecular weight excluding hydrogens is 330 g/mol. The third-order valence-corrected chi connectivity index (χ3v) is 3.41. The van der Waals surface area contributed by atoms with Crippen LogP contribution in [-0.4, -0.2) is 19.1 Å². The van der Waals surface area contributed by atoms with E-state index in [1.165, 1.54) is 0 Å². The Hall–Kier alpha value is -2.77. The van der Waals surface area contributed by atoms with Gasteiger partial charge in [0.1, 0.15) is 13.2 Å². The summed E-state index contributed by atoms with van der Waals surface area (Å²) in [7, 11) is 0. The van der Waals surface area contributed by atoms with Crippen LogP contribution in [0.4, 0.5) is 17.6 Å². The fourth-order valence-electron chi connectivity index (χ4n) is 2.21. The number of carbonyl (C=O) groups is 1. The zero-order chi connectivity index (χ0) is 17.3. The minimum atomic E-state index is -2.03. The maximum Gasteiger partial charge on any atom is 0.254 e. The number of fused-ring (bicyclic) bond motifs is 1. The van der Waals surface area contributed by atoms with Crippen LogP contribution >= 0.6 is 0 Å². The molecule has 0 spiro atoms. The van der Waals surface area contributed by atoms with Crippen LogP contribution < -0.4 is 14.8 Å². The quantitative estimate of drug-likeness (QED) is 0.530. The lowest BCUT2D eigenvalue weighted by Crippen LogP contribution is -2.25. The predicted molar refractivity (Wildman–Crippen MR) is 74.9 cm³/mol. The molecule has 4 nitrogen and oxygen atoms in total. The molecule has 0 aromatic heterocycles. The maximum atomic E-state index is 13.6. The third-order valence-electron chi connectivity index (χ3n) is 3.41. The number of amides is 1. The van der Waals surface area contributed by atoms with E-state index in [2.05, 4.69) is 5.32 Å². The van der Waals surface area contributed by atoms with Gasteiger partial charge in [0, 0.05) is 6.54 Å². The Morgan fingerprint density at radius 3 is 2.42 bits per heavy atom. The Bertz CT molecular complexity index is 810. The smallest absolute Gasteiger partial charge is 0.254 e. The van der Waals surface area contributed by atoms with Gasteiger partial charge >= 0.3 is 0 Å². The van der Waals surface area contributed by atoms with E-state index in [-0.39, 0.29) is 6.54 Å². The number of hydrogen-bond donors (Lipinski definition) is 1. The lowest BCUT2D eigenvalue weighted by atomic mass is 10.1. The van der Waals surface area contributed by atoms with Crippen LogP contribution in [0.25, 0.3) is 0 Å². The Labute approximate surface area is 134 Å². The molecule has 8 heteroatoms. The normalized spacial score (nSPS) is 12.8. The zero-order valence-electron chi connectivity index (χ0n) is 12.2. The van der Waals surface area contributed by atoms with Crippen molar-refractivity contribution in [2.24, 2.45) is 0 Å². The van der Waals surface area contributed by atoms with Crippen LogP contribution in [-0.2, 0) is 6.54 Å². The van der Waals surface area contributed by atoms with E-state index in [9.17, 15) is 22.4 Å². The molecule has 0 saturated heterocycles. The maximum absolute atomic E-state index is 13.6. The van der Waals surface area contributed by atoms with Gasteiger partial charge in [0.25, 0.3) is 5.91 Å². The molecule has 0 radical (unpaired) electrons. The van der Waals surface area contributed by atoms with Crippen molar-refractivity contribution in [2.75, 3.05) is 13.2 Å². The molecule has 0 atom stereocenters. The van der Waals surface area contributed by atoms with Gasteiger partial charge in [0.05, 0.1) is 5.56 Å². The first-order chi connectivity index (χ1) is 11.5. The number of hydrogen-bond acceptors (Lipinski definition) is 3. The second-order valence-corrected chi connectivity index (χ2v) is 5.01. The van der Waals surface area contributed by atoms with Gasteiger partial charge in [-0.05, 0) is 23.8 Å². The number of rotatable bonds is 3. The van der Waals surface area contributed by atoms with Gasteiger partial charge in [-0.3, -0.25) is 4.79 Å². The van der Waals surface area contributed by atoms with E-state index in [1.807, 2.05) is 0 Å². The molecule has 1 aliphatic heterocycles. The van der Waals surface area contributed by atoms with Crippen LogP contribution in [0, 0.1) is 23.3 Å². The van der Waals surface area contributed by atoms with Crippen molar-refractivity contribution in [3.63, 3.8) is 0 Å². The summed E-state index contributed by atoms with van der Waals surface area (Å²) >= 11 is 0. The minimum Gasteiger partial charge on any atom is -0.486 e. The first-order valence-electron chi connectivity index (χ1n) is 6.97. The largest absolute Gasteiger partial charge is 0.486 e. The molecule has 3 rings (SSSR count). The summed E-state index contributed by atoms with van der Waals surface area (Å²) in [6, 6.07) is 5.23. The lowest BCUT2D eigenvalue weighted by molar-refractivity contribution is 0.0944. The fraction of sp³-hybridized carbons (Fsp3) is 0.188. The van der Waals surface area contributed by atoms with Gasteiger partial charge in [-0.25, -0.2) is 17.6 Å². The summed E-state index contributed by atoms with van der Waals surface area (Å²) in [6.07, 6.45) is 0. The molecule has 0 fully saturated rings. The summed E-state index contributed by atoms with van der Waals surface area (Å²) in [4.78, 5) is 11.9. The molecule has 0 aliphatic carbocycles. The molecular formula is C16H11F4NO3. The van der Waals surface area contributed by atoms with Gasteiger partial charge in [-0.2, -0.15) is 0 Å². The Balaban J connectivity index is 1.74. The average Bonchev–Trinajstić information content (AvgIpc) is 2.60. The van der Waals surface area contributed by atoms with E-state index in [1.54, 1.807) is 18.2 Å². The molecule has 0 unspecified atom stereocenters. The van der Waals surface area contributed by atoms with Crippen LogP contribution in [0.1, 0.15) is 15.9 Å². The van der Waals surface area contributed by atoms with Crippen molar-refractivity contribution in [1.82, 2.24) is 5.32 Å². The molecule has 126 valence electrons. The van der Waals surface area contributed by atoms with E-state index in [0.29, 0.717) is 36.3 Å². The van der Waals surface area contributed by atoms with Gasteiger partial charge in [-0.1, -0.05) is 6.07 Å². The monoisotopic (exact) mass is 341 g/mol. The summed E-state index contributed by atoms with van der Waals surface area (Å²) in [5.41, 5.74) is -0.306.